The highest BCUT2D eigenvalue weighted by Crippen LogP contribution is 1.88. The molecule has 16 heavy (non-hydrogen) atoms. The Labute approximate surface area is 96.6 Å². The van der Waals surface area contributed by atoms with Gasteiger partial charge in [-0.3, -0.25) is 4.55 Å². The molecule has 0 aromatic rings. The molecule has 0 saturated heterocycles. The van der Waals surface area contributed by atoms with E-state index in [1.165, 1.54) is 6.08 Å². The van der Waals surface area contributed by atoms with Crippen LogP contribution in [0.4, 0.5) is 0 Å². The van der Waals surface area contributed by atoms with Crippen molar-refractivity contribution in [2.24, 2.45) is 0 Å². The standard InChI is InChI=1S/C7H12O2.C3H6O3S/c1-3-5-6-9-7(8)4-2;1-2-3-7(4,5)6/h4H,2-3,5-6H2,1H3;2H,1,3H2,(H,4,5,6). The molecule has 0 saturated carbocycles. The van der Waals surface area contributed by atoms with Crippen molar-refractivity contribution in [1.82, 2.24) is 0 Å². The Bertz CT molecular complexity index is 305. The van der Waals surface area contributed by atoms with Crippen LogP contribution in [0.3, 0.4) is 0 Å². The van der Waals surface area contributed by atoms with E-state index in [0.29, 0.717) is 6.61 Å². The normalized spacial score (nSPS) is 9.62. The third-order valence-corrected chi connectivity index (χ3v) is 1.89. The van der Waals surface area contributed by atoms with Crippen LogP contribution in [0.2, 0.25) is 0 Å². The van der Waals surface area contributed by atoms with Crippen molar-refractivity contribution >= 4 is 16.1 Å². The monoisotopic (exact) mass is 250 g/mol. The van der Waals surface area contributed by atoms with Crippen LogP contribution in [-0.4, -0.2) is 31.3 Å². The molecule has 0 bridgehead atoms. The highest BCUT2D eigenvalue weighted by molar-refractivity contribution is 7.85. The smallest absolute Gasteiger partial charge is 0.330 e. The minimum Gasteiger partial charge on any atom is -0.463 e. The Balaban J connectivity index is 0. The zero-order chi connectivity index (χ0) is 13.0. The van der Waals surface area contributed by atoms with Gasteiger partial charge in [0, 0.05) is 6.08 Å². The van der Waals surface area contributed by atoms with Crippen molar-refractivity contribution in [1.29, 1.82) is 0 Å². The molecule has 94 valence electrons. The molecule has 6 heteroatoms. The SMILES string of the molecule is C=CC(=O)OCCCC.C=CCS(=O)(=O)O. The minimum absolute atomic E-state index is 0.330. The number of hydrogen-bond acceptors (Lipinski definition) is 4. The number of rotatable bonds is 6. The first kappa shape index (κ1) is 17.3. The van der Waals surface area contributed by atoms with Crippen LogP contribution in [0.15, 0.2) is 25.3 Å². The molecule has 0 spiro atoms. The van der Waals surface area contributed by atoms with Crippen molar-refractivity contribution in [3.8, 4) is 0 Å². The van der Waals surface area contributed by atoms with Crippen molar-refractivity contribution in [2.45, 2.75) is 19.8 Å². The molecule has 0 heterocycles. The van der Waals surface area contributed by atoms with Crippen molar-refractivity contribution in [3.05, 3.63) is 25.3 Å². The summed E-state index contributed by atoms with van der Waals surface area (Å²) in [5, 5.41) is 0. The molecule has 0 amide bonds. The Morgan fingerprint density at radius 2 is 2.00 bits per heavy atom. The molecular formula is C10H18O5S. The van der Waals surface area contributed by atoms with E-state index in [2.05, 4.69) is 17.9 Å². The average molecular weight is 250 g/mol. The summed E-state index contributed by atoms with van der Waals surface area (Å²) in [5.74, 6) is -0.698. The minimum atomic E-state index is -3.79. The first-order valence-electron chi connectivity index (χ1n) is 4.72. The molecule has 0 aliphatic heterocycles. The number of hydrogen-bond donors (Lipinski definition) is 1. The number of carbonyl (C=O) groups is 1. The second-order valence-corrected chi connectivity index (χ2v) is 4.26. The van der Waals surface area contributed by atoms with E-state index >= 15 is 0 Å². The first-order chi connectivity index (χ1) is 7.37. The molecule has 0 aliphatic carbocycles. The maximum absolute atomic E-state index is 10.3. The van der Waals surface area contributed by atoms with Gasteiger partial charge in [0.15, 0.2) is 0 Å². The Kier molecular flexibility index (Phi) is 11.2. The summed E-state index contributed by atoms with van der Waals surface area (Å²) in [5.41, 5.74) is 0. The van der Waals surface area contributed by atoms with Gasteiger partial charge in [-0.15, -0.1) is 6.58 Å². The fourth-order valence-corrected chi connectivity index (χ4v) is 0.823. The summed E-state index contributed by atoms with van der Waals surface area (Å²) in [6.07, 6.45) is 4.27. The summed E-state index contributed by atoms with van der Waals surface area (Å²) < 4.78 is 32.0. The van der Waals surface area contributed by atoms with Crippen LogP contribution < -0.4 is 0 Å². The largest absolute Gasteiger partial charge is 0.463 e. The number of unbranched alkanes of at least 4 members (excludes halogenated alkanes) is 1. The number of carbonyl (C=O) groups excluding carboxylic acids is 1. The number of esters is 1. The van der Waals surface area contributed by atoms with Gasteiger partial charge in [0.25, 0.3) is 10.1 Å². The Hall–Kier alpha value is -1.14. The third-order valence-electron chi connectivity index (χ3n) is 1.24. The van der Waals surface area contributed by atoms with Crippen molar-refractivity contribution in [2.75, 3.05) is 12.4 Å². The van der Waals surface area contributed by atoms with Crippen molar-refractivity contribution in [3.63, 3.8) is 0 Å². The van der Waals surface area contributed by atoms with E-state index in [9.17, 15) is 13.2 Å². The van der Waals surface area contributed by atoms with E-state index in [4.69, 9.17) is 4.55 Å². The fourth-order valence-electron chi connectivity index (χ4n) is 0.525. The van der Waals surface area contributed by atoms with E-state index in [0.717, 1.165) is 18.9 Å². The highest BCUT2D eigenvalue weighted by Gasteiger charge is 1.95. The molecule has 0 fully saturated rings. The summed E-state index contributed by atoms with van der Waals surface area (Å²) in [6.45, 7) is 8.93. The van der Waals surface area contributed by atoms with E-state index in [1.807, 2.05) is 6.92 Å². The number of ether oxygens (including phenoxy) is 1. The average Bonchev–Trinajstić information content (AvgIpc) is 2.17. The van der Waals surface area contributed by atoms with Crippen LogP contribution >= 0.6 is 0 Å². The lowest BCUT2D eigenvalue weighted by atomic mass is 10.4. The second kappa shape index (κ2) is 10.4. The molecule has 0 atom stereocenters. The van der Waals surface area contributed by atoms with Gasteiger partial charge in [-0.2, -0.15) is 8.42 Å². The van der Waals surface area contributed by atoms with Crippen LogP contribution in [0.5, 0.6) is 0 Å². The molecule has 5 nitrogen and oxygen atoms in total. The zero-order valence-electron chi connectivity index (χ0n) is 9.39. The summed E-state index contributed by atoms with van der Waals surface area (Å²) in [7, 11) is -3.79. The van der Waals surface area contributed by atoms with Gasteiger partial charge in [-0.25, -0.2) is 4.79 Å². The van der Waals surface area contributed by atoms with Crippen LogP contribution in [0, 0.1) is 0 Å². The lowest BCUT2D eigenvalue weighted by molar-refractivity contribution is -0.137. The molecule has 0 unspecified atom stereocenters. The Morgan fingerprint density at radius 3 is 2.25 bits per heavy atom. The van der Waals surface area contributed by atoms with Crippen LogP contribution in [-0.2, 0) is 19.6 Å². The van der Waals surface area contributed by atoms with E-state index in [-0.39, 0.29) is 11.7 Å². The van der Waals surface area contributed by atoms with Crippen LogP contribution in [0.1, 0.15) is 19.8 Å². The molecule has 0 rings (SSSR count). The maximum atomic E-state index is 10.3. The quantitative estimate of drug-likeness (QED) is 0.254. The van der Waals surface area contributed by atoms with Gasteiger partial charge in [0.1, 0.15) is 0 Å². The lowest BCUT2D eigenvalue weighted by Gasteiger charge is -1.97. The van der Waals surface area contributed by atoms with E-state index in [1.54, 1.807) is 0 Å². The topological polar surface area (TPSA) is 80.7 Å². The lowest BCUT2D eigenvalue weighted by Crippen LogP contribution is -2.00. The molecule has 1 N–H and O–H groups in total. The highest BCUT2D eigenvalue weighted by atomic mass is 32.2. The fraction of sp³-hybridized carbons (Fsp3) is 0.500. The summed E-state index contributed by atoms with van der Waals surface area (Å²) in [6, 6.07) is 0. The van der Waals surface area contributed by atoms with Gasteiger partial charge >= 0.3 is 5.97 Å². The molecule has 0 aromatic heterocycles. The van der Waals surface area contributed by atoms with Gasteiger partial charge < -0.3 is 4.74 Å². The predicted molar refractivity (Wildman–Crippen MR) is 62.7 cm³/mol. The van der Waals surface area contributed by atoms with Crippen molar-refractivity contribution < 1.29 is 22.5 Å². The predicted octanol–water partition coefficient (Wildman–Crippen LogP) is 1.58. The zero-order valence-corrected chi connectivity index (χ0v) is 10.2. The summed E-state index contributed by atoms with van der Waals surface area (Å²) in [4.78, 5) is 10.3. The molecule has 0 aliphatic rings. The summed E-state index contributed by atoms with van der Waals surface area (Å²) >= 11 is 0. The second-order valence-electron chi connectivity index (χ2n) is 2.76. The van der Waals surface area contributed by atoms with Gasteiger partial charge in [0.2, 0.25) is 0 Å². The van der Waals surface area contributed by atoms with Gasteiger partial charge in [0.05, 0.1) is 12.4 Å². The van der Waals surface area contributed by atoms with Gasteiger partial charge in [-0.05, 0) is 6.42 Å². The van der Waals surface area contributed by atoms with Crippen LogP contribution in [0.25, 0.3) is 0 Å². The first-order valence-corrected chi connectivity index (χ1v) is 6.33. The molecular weight excluding hydrogens is 232 g/mol. The Morgan fingerprint density at radius 1 is 1.44 bits per heavy atom. The maximum Gasteiger partial charge on any atom is 0.330 e. The van der Waals surface area contributed by atoms with E-state index < -0.39 is 10.1 Å². The molecule has 0 aromatic carbocycles. The third kappa shape index (κ3) is 18.6. The van der Waals surface area contributed by atoms with Gasteiger partial charge in [-0.1, -0.05) is 26.0 Å². The molecule has 0 radical (unpaired) electrons.